The molecule has 0 fully saturated rings. The van der Waals surface area contributed by atoms with Crippen LogP contribution in [-0.2, 0) is 9.84 Å². The van der Waals surface area contributed by atoms with E-state index < -0.39 is 27.7 Å². The average molecular weight is 257 g/mol. The zero-order valence-corrected chi connectivity index (χ0v) is 10.9. The number of sulfone groups is 1. The molecule has 0 saturated heterocycles. The first-order valence-electron chi connectivity index (χ1n) is 5.57. The predicted molar refractivity (Wildman–Crippen MR) is 68.4 cm³/mol. The molecule has 17 heavy (non-hydrogen) atoms. The summed E-state index contributed by atoms with van der Waals surface area (Å²) in [4.78, 5) is 0. The second-order valence-corrected chi connectivity index (χ2v) is 6.62. The van der Waals surface area contributed by atoms with Crippen LogP contribution in [0.5, 0.6) is 0 Å². The molecular weight excluding hydrogens is 238 g/mol. The third-order valence-corrected chi connectivity index (χ3v) is 5.04. The number of aliphatic hydroxyl groups excluding tert-OH is 1. The zero-order valence-electron chi connectivity index (χ0n) is 10.1. The first kappa shape index (κ1) is 14.2. The van der Waals surface area contributed by atoms with Gasteiger partial charge in [0.2, 0.25) is 0 Å². The van der Waals surface area contributed by atoms with Crippen molar-refractivity contribution < 1.29 is 13.5 Å². The predicted octanol–water partition coefficient (Wildman–Crippen LogP) is 0.790. The van der Waals surface area contributed by atoms with E-state index in [0.717, 1.165) is 11.1 Å². The first-order chi connectivity index (χ1) is 7.92. The fourth-order valence-electron chi connectivity index (χ4n) is 1.76. The Kier molecular flexibility index (Phi) is 4.68. The van der Waals surface area contributed by atoms with Crippen LogP contribution in [0.2, 0.25) is 0 Å². The lowest BCUT2D eigenvalue weighted by Crippen LogP contribution is -2.37. The quantitative estimate of drug-likeness (QED) is 0.817. The van der Waals surface area contributed by atoms with E-state index in [2.05, 4.69) is 0 Å². The van der Waals surface area contributed by atoms with Gasteiger partial charge in [0.25, 0.3) is 0 Å². The van der Waals surface area contributed by atoms with E-state index in [-0.39, 0.29) is 5.75 Å². The van der Waals surface area contributed by atoms with Gasteiger partial charge in [-0.15, -0.1) is 0 Å². The summed E-state index contributed by atoms with van der Waals surface area (Å²) in [6.45, 7) is 3.02. The van der Waals surface area contributed by atoms with Gasteiger partial charge in [-0.3, -0.25) is 0 Å². The van der Waals surface area contributed by atoms with Crippen molar-refractivity contribution in [1.29, 1.82) is 0 Å². The average Bonchev–Trinajstić information content (AvgIpc) is 2.29. The van der Waals surface area contributed by atoms with E-state index in [9.17, 15) is 13.5 Å². The van der Waals surface area contributed by atoms with E-state index in [0.29, 0.717) is 0 Å². The van der Waals surface area contributed by atoms with Crippen LogP contribution in [0, 0.1) is 6.92 Å². The Morgan fingerprint density at radius 3 is 2.53 bits per heavy atom. The lowest BCUT2D eigenvalue weighted by atomic mass is 10.0. The molecule has 4 nitrogen and oxygen atoms in total. The molecule has 0 aliphatic heterocycles. The van der Waals surface area contributed by atoms with Gasteiger partial charge >= 0.3 is 0 Å². The number of aryl methyl sites for hydroxylation is 1. The van der Waals surface area contributed by atoms with Crippen LogP contribution >= 0.6 is 0 Å². The normalized spacial score (nSPS) is 15.5. The second-order valence-electron chi connectivity index (χ2n) is 4.11. The van der Waals surface area contributed by atoms with Crippen LogP contribution in [0.4, 0.5) is 0 Å². The summed E-state index contributed by atoms with van der Waals surface area (Å²) in [6, 6.07) is 6.69. The smallest absolute Gasteiger partial charge is 0.157 e. The maximum absolute atomic E-state index is 11.8. The molecular formula is C12H19NO3S. The van der Waals surface area contributed by atoms with Crippen molar-refractivity contribution in [1.82, 2.24) is 0 Å². The van der Waals surface area contributed by atoms with E-state index in [1.165, 1.54) is 0 Å². The number of rotatable bonds is 5. The lowest BCUT2D eigenvalue weighted by molar-refractivity contribution is 0.277. The molecule has 0 aliphatic carbocycles. The van der Waals surface area contributed by atoms with Gasteiger partial charge < -0.3 is 10.8 Å². The molecule has 1 aromatic rings. The van der Waals surface area contributed by atoms with E-state index in [1.807, 2.05) is 25.1 Å². The highest BCUT2D eigenvalue weighted by Gasteiger charge is 2.30. The highest BCUT2D eigenvalue weighted by molar-refractivity contribution is 7.92. The monoisotopic (exact) mass is 257 g/mol. The number of hydrogen-bond donors (Lipinski definition) is 2. The molecule has 96 valence electrons. The number of nitrogens with two attached hydrogens (primary N) is 1. The van der Waals surface area contributed by atoms with E-state index >= 15 is 0 Å². The minimum atomic E-state index is -3.35. The van der Waals surface area contributed by atoms with Crippen molar-refractivity contribution >= 4 is 9.84 Å². The molecule has 0 saturated carbocycles. The van der Waals surface area contributed by atoms with Gasteiger partial charge in [-0.1, -0.05) is 36.8 Å². The first-order valence-corrected chi connectivity index (χ1v) is 7.28. The largest absolute Gasteiger partial charge is 0.395 e. The van der Waals surface area contributed by atoms with Crippen LogP contribution in [0.3, 0.4) is 0 Å². The summed E-state index contributed by atoms with van der Waals surface area (Å²) in [5, 5.41) is 8.30. The third-order valence-electron chi connectivity index (χ3n) is 2.87. The van der Waals surface area contributed by atoms with Crippen LogP contribution < -0.4 is 5.73 Å². The molecule has 0 aromatic heterocycles. The fourth-order valence-corrected chi connectivity index (χ4v) is 3.02. The summed E-state index contributed by atoms with van der Waals surface area (Å²) in [7, 11) is -3.35. The molecule has 0 amide bonds. The van der Waals surface area contributed by atoms with Crippen LogP contribution in [0.25, 0.3) is 0 Å². The van der Waals surface area contributed by atoms with Crippen LogP contribution in [0.15, 0.2) is 24.3 Å². The summed E-state index contributed by atoms with van der Waals surface area (Å²) in [6.07, 6.45) is 0. The number of benzene rings is 1. The van der Waals surface area contributed by atoms with Crippen molar-refractivity contribution in [2.24, 2.45) is 5.73 Å². The summed E-state index contributed by atoms with van der Waals surface area (Å²) in [5.74, 6) is -0.0161. The second kappa shape index (κ2) is 5.62. The number of aliphatic hydroxyl groups is 1. The van der Waals surface area contributed by atoms with Crippen molar-refractivity contribution in [2.45, 2.75) is 25.1 Å². The summed E-state index contributed by atoms with van der Waals surface area (Å²) in [5.41, 5.74) is 7.70. The van der Waals surface area contributed by atoms with Crippen LogP contribution in [0.1, 0.15) is 24.1 Å². The molecule has 0 spiro atoms. The molecule has 0 aliphatic rings. The Bertz CT molecular complexity index is 470. The molecule has 1 rings (SSSR count). The van der Waals surface area contributed by atoms with Gasteiger partial charge in [-0.25, -0.2) is 8.42 Å². The number of hydrogen-bond acceptors (Lipinski definition) is 4. The molecule has 0 bridgehead atoms. The Balaban J connectivity index is 3.06. The van der Waals surface area contributed by atoms with Gasteiger partial charge in [0.1, 0.15) is 5.25 Å². The van der Waals surface area contributed by atoms with Gasteiger partial charge in [0.05, 0.1) is 6.61 Å². The lowest BCUT2D eigenvalue weighted by Gasteiger charge is -2.22. The third kappa shape index (κ3) is 3.28. The Morgan fingerprint density at radius 2 is 2.06 bits per heavy atom. The van der Waals surface area contributed by atoms with Gasteiger partial charge in [0, 0.05) is 11.8 Å². The van der Waals surface area contributed by atoms with Crippen molar-refractivity contribution in [3.8, 4) is 0 Å². The molecule has 3 N–H and O–H groups in total. The molecule has 0 heterocycles. The standard InChI is InChI=1S/C12H19NO3S/c1-3-17(15,16)11(8-14)12(13)10-6-4-5-9(2)7-10/h4-7,11-12,14H,3,8,13H2,1-2H3. The summed E-state index contributed by atoms with van der Waals surface area (Å²) >= 11 is 0. The molecule has 2 unspecified atom stereocenters. The maximum Gasteiger partial charge on any atom is 0.157 e. The Hall–Kier alpha value is -0.910. The van der Waals surface area contributed by atoms with Crippen molar-refractivity contribution in [2.75, 3.05) is 12.4 Å². The minimum Gasteiger partial charge on any atom is -0.395 e. The van der Waals surface area contributed by atoms with E-state index in [4.69, 9.17) is 5.73 Å². The van der Waals surface area contributed by atoms with Crippen molar-refractivity contribution in [3.63, 3.8) is 0 Å². The topological polar surface area (TPSA) is 80.4 Å². The molecule has 0 radical (unpaired) electrons. The minimum absolute atomic E-state index is 0.0161. The van der Waals surface area contributed by atoms with Crippen molar-refractivity contribution in [3.05, 3.63) is 35.4 Å². The zero-order chi connectivity index (χ0) is 13.1. The highest BCUT2D eigenvalue weighted by atomic mass is 32.2. The fraction of sp³-hybridized carbons (Fsp3) is 0.500. The Labute approximate surface area is 102 Å². The molecule has 5 heteroatoms. The van der Waals surface area contributed by atoms with Gasteiger partial charge in [-0.2, -0.15) is 0 Å². The molecule has 1 aromatic carbocycles. The molecule has 2 atom stereocenters. The Morgan fingerprint density at radius 1 is 1.41 bits per heavy atom. The van der Waals surface area contributed by atoms with Gasteiger partial charge in [-0.05, 0) is 12.5 Å². The maximum atomic E-state index is 11.8. The van der Waals surface area contributed by atoms with Gasteiger partial charge in [0.15, 0.2) is 9.84 Å². The summed E-state index contributed by atoms with van der Waals surface area (Å²) < 4.78 is 23.6. The van der Waals surface area contributed by atoms with Crippen LogP contribution in [-0.4, -0.2) is 31.1 Å². The SMILES string of the molecule is CCS(=O)(=O)C(CO)C(N)c1cccc(C)c1. The highest BCUT2D eigenvalue weighted by Crippen LogP contribution is 2.21. The van der Waals surface area contributed by atoms with E-state index in [1.54, 1.807) is 13.0 Å².